The lowest BCUT2D eigenvalue weighted by Gasteiger charge is -1.94. The summed E-state index contributed by atoms with van der Waals surface area (Å²) in [5, 5.41) is 12.9. The largest absolute Gasteiger partial charge is 0.267 e. The van der Waals surface area contributed by atoms with Crippen LogP contribution in [0.5, 0.6) is 0 Å². The average Bonchev–Trinajstić information content (AvgIpc) is 2.43. The molecular formula is C10H13N3. The lowest BCUT2D eigenvalue weighted by atomic mass is 10.3. The van der Waals surface area contributed by atoms with Gasteiger partial charge in [0, 0.05) is 6.20 Å². The third kappa shape index (κ3) is 2.45. The van der Waals surface area contributed by atoms with E-state index in [1.807, 2.05) is 20.8 Å². The van der Waals surface area contributed by atoms with E-state index < -0.39 is 0 Å². The van der Waals surface area contributed by atoms with Crippen molar-refractivity contribution in [2.75, 3.05) is 0 Å². The fraction of sp³-hybridized carbons (Fsp3) is 0.400. The lowest BCUT2D eigenvalue weighted by Crippen LogP contribution is -1.95. The zero-order chi connectivity index (χ0) is 9.84. The smallest absolute Gasteiger partial charge is 0.103 e. The van der Waals surface area contributed by atoms with E-state index in [1.165, 1.54) is 5.57 Å². The van der Waals surface area contributed by atoms with Crippen LogP contribution in [0.1, 0.15) is 25.1 Å². The molecule has 0 saturated carbocycles. The molecule has 3 heteroatoms. The van der Waals surface area contributed by atoms with Crippen molar-refractivity contribution < 1.29 is 0 Å². The minimum atomic E-state index is 0.655. The normalized spacial score (nSPS) is 9.38. The minimum Gasteiger partial charge on any atom is -0.267 e. The SMILES string of the molecule is CC(C)=CCn1cc(C#N)c(C)n1. The van der Waals surface area contributed by atoms with E-state index in [2.05, 4.69) is 17.2 Å². The predicted molar refractivity (Wildman–Crippen MR) is 51.1 cm³/mol. The first-order chi connectivity index (χ1) is 6.13. The van der Waals surface area contributed by atoms with Crippen molar-refractivity contribution in [2.24, 2.45) is 0 Å². The molecule has 1 aromatic rings. The van der Waals surface area contributed by atoms with Crippen molar-refractivity contribution in [1.82, 2.24) is 9.78 Å². The molecule has 0 radical (unpaired) electrons. The highest BCUT2D eigenvalue weighted by molar-refractivity contribution is 5.29. The van der Waals surface area contributed by atoms with Gasteiger partial charge in [-0.15, -0.1) is 0 Å². The van der Waals surface area contributed by atoms with Gasteiger partial charge < -0.3 is 0 Å². The highest BCUT2D eigenvalue weighted by atomic mass is 15.3. The van der Waals surface area contributed by atoms with E-state index in [0.717, 1.165) is 12.2 Å². The van der Waals surface area contributed by atoms with E-state index >= 15 is 0 Å². The van der Waals surface area contributed by atoms with Gasteiger partial charge in [-0.2, -0.15) is 10.4 Å². The van der Waals surface area contributed by atoms with Gasteiger partial charge in [-0.25, -0.2) is 0 Å². The molecule has 3 nitrogen and oxygen atoms in total. The summed E-state index contributed by atoms with van der Waals surface area (Å²) in [4.78, 5) is 0. The van der Waals surface area contributed by atoms with Crippen LogP contribution < -0.4 is 0 Å². The highest BCUT2D eigenvalue weighted by Gasteiger charge is 2.01. The zero-order valence-electron chi connectivity index (χ0n) is 8.20. The Hall–Kier alpha value is -1.56. The van der Waals surface area contributed by atoms with Gasteiger partial charge in [0.05, 0.1) is 17.8 Å². The standard InChI is InChI=1S/C10H13N3/c1-8(2)4-5-13-7-10(6-11)9(3)12-13/h4,7H,5H2,1-3H3. The third-order valence-corrected chi connectivity index (χ3v) is 1.75. The van der Waals surface area contributed by atoms with Crippen molar-refractivity contribution in [3.8, 4) is 6.07 Å². The van der Waals surface area contributed by atoms with Crippen LogP contribution in [0, 0.1) is 18.3 Å². The number of nitrogens with zero attached hydrogens (tertiary/aromatic N) is 3. The second-order valence-corrected chi connectivity index (χ2v) is 3.24. The Labute approximate surface area is 78.3 Å². The van der Waals surface area contributed by atoms with Crippen LogP contribution in [0.15, 0.2) is 17.8 Å². The van der Waals surface area contributed by atoms with Crippen molar-refractivity contribution >= 4 is 0 Å². The first-order valence-corrected chi connectivity index (χ1v) is 4.21. The molecule has 0 spiro atoms. The Bertz CT molecular complexity index is 362. The van der Waals surface area contributed by atoms with Crippen molar-refractivity contribution in [1.29, 1.82) is 5.26 Å². The summed E-state index contributed by atoms with van der Waals surface area (Å²) in [6, 6.07) is 2.10. The average molecular weight is 175 g/mol. The summed E-state index contributed by atoms with van der Waals surface area (Å²) in [7, 11) is 0. The molecule has 13 heavy (non-hydrogen) atoms. The molecule has 0 N–H and O–H groups in total. The summed E-state index contributed by atoms with van der Waals surface area (Å²) < 4.78 is 1.78. The molecule has 68 valence electrons. The van der Waals surface area contributed by atoms with Crippen LogP contribution in [0.2, 0.25) is 0 Å². The molecule has 0 aliphatic rings. The number of hydrogen-bond acceptors (Lipinski definition) is 2. The summed E-state index contributed by atoms with van der Waals surface area (Å²) in [6.07, 6.45) is 3.85. The molecule has 0 unspecified atom stereocenters. The number of allylic oxidation sites excluding steroid dienone is 2. The number of rotatable bonds is 2. The molecule has 0 aliphatic heterocycles. The maximum Gasteiger partial charge on any atom is 0.103 e. The summed E-state index contributed by atoms with van der Waals surface area (Å²) in [5.74, 6) is 0. The molecule has 0 amide bonds. The van der Waals surface area contributed by atoms with E-state index in [9.17, 15) is 0 Å². The van der Waals surface area contributed by atoms with Crippen LogP contribution in [-0.4, -0.2) is 9.78 Å². The Morgan fingerprint density at radius 1 is 1.69 bits per heavy atom. The summed E-state index contributed by atoms with van der Waals surface area (Å²) in [6.45, 7) is 6.67. The molecule has 0 aliphatic carbocycles. The summed E-state index contributed by atoms with van der Waals surface area (Å²) >= 11 is 0. The first kappa shape index (κ1) is 9.53. The molecule has 1 aromatic heterocycles. The van der Waals surface area contributed by atoms with Crippen LogP contribution in [-0.2, 0) is 6.54 Å². The fourth-order valence-corrected chi connectivity index (χ4v) is 0.997. The monoisotopic (exact) mass is 175 g/mol. The van der Waals surface area contributed by atoms with E-state index in [0.29, 0.717) is 5.56 Å². The van der Waals surface area contributed by atoms with E-state index in [1.54, 1.807) is 10.9 Å². The third-order valence-electron chi connectivity index (χ3n) is 1.75. The zero-order valence-corrected chi connectivity index (χ0v) is 8.20. The Morgan fingerprint density at radius 3 is 2.85 bits per heavy atom. The fourth-order valence-electron chi connectivity index (χ4n) is 0.997. The number of aromatic nitrogens is 2. The van der Waals surface area contributed by atoms with Crippen LogP contribution in [0.3, 0.4) is 0 Å². The lowest BCUT2D eigenvalue weighted by molar-refractivity contribution is 0.691. The molecule has 0 atom stereocenters. The number of aryl methyl sites for hydroxylation is 1. The van der Waals surface area contributed by atoms with Gasteiger partial charge in [0.2, 0.25) is 0 Å². The van der Waals surface area contributed by atoms with Crippen LogP contribution in [0.25, 0.3) is 0 Å². The second-order valence-electron chi connectivity index (χ2n) is 3.24. The Balaban J connectivity index is 2.81. The maximum atomic E-state index is 8.69. The van der Waals surface area contributed by atoms with E-state index in [-0.39, 0.29) is 0 Å². The molecular weight excluding hydrogens is 162 g/mol. The molecule has 0 fully saturated rings. The Morgan fingerprint density at radius 2 is 2.38 bits per heavy atom. The van der Waals surface area contributed by atoms with Crippen molar-refractivity contribution in [3.63, 3.8) is 0 Å². The van der Waals surface area contributed by atoms with Gasteiger partial charge in [0.15, 0.2) is 0 Å². The van der Waals surface area contributed by atoms with Crippen LogP contribution >= 0.6 is 0 Å². The molecule has 1 rings (SSSR count). The second kappa shape index (κ2) is 3.90. The minimum absolute atomic E-state index is 0.655. The van der Waals surface area contributed by atoms with Crippen molar-refractivity contribution in [2.45, 2.75) is 27.3 Å². The van der Waals surface area contributed by atoms with E-state index in [4.69, 9.17) is 5.26 Å². The molecule has 0 bridgehead atoms. The number of hydrogen-bond donors (Lipinski definition) is 0. The van der Waals surface area contributed by atoms with Gasteiger partial charge in [0.1, 0.15) is 6.07 Å². The topological polar surface area (TPSA) is 41.6 Å². The highest BCUT2D eigenvalue weighted by Crippen LogP contribution is 2.03. The van der Waals surface area contributed by atoms with Crippen LogP contribution in [0.4, 0.5) is 0 Å². The first-order valence-electron chi connectivity index (χ1n) is 4.21. The maximum absolute atomic E-state index is 8.69. The predicted octanol–water partition coefficient (Wildman–Crippen LogP) is 2.03. The molecule has 0 saturated heterocycles. The van der Waals surface area contributed by atoms with Gasteiger partial charge in [0.25, 0.3) is 0 Å². The summed E-state index contributed by atoms with van der Waals surface area (Å²) in [5.41, 5.74) is 2.71. The molecule has 0 aromatic carbocycles. The Kier molecular flexibility index (Phi) is 2.86. The van der Waals surface area contributed by atoms with Gasteiger partial charge >= 0.3 is 0 Å². The van der Waals surface area contributed by atoms with Crippen molar-refractivity contribution in [3.05, 3.63) is 29.1 Å². The number of nitriles is 1. The van der Waals surface area contributed by atoms with Gasteiger partial charge in [-0.05, 0) is 20.8 Å². The quantitative estimate of drug-likeness (QED) is 0.645. The molecule has 1 heterocycles. The van der Waals surface area contributed by atoms with Gasteiger partial charge in [-0.3, -0.25) is 4.68 Å². The van der Waals surface area contributed by atoms with Gasteiger partial charge in [-0.1, -0.05) is 11.6 Å².